The fraction of sp³-hybridized carbons (Fsp3) is 0.0909. The molecule has 0 fully saturated rings. The molecule has 1 nitrogen and oxygen atoms in total. The number of nitrogens with zero attached hydrogens (tertiary/aromatic N) is 1. The van der Waals surface area contributed by atoms with E-state index in [1.54, 1.807) is 0 Å². The van der Waals surface area contributed by atoms with Crippen LogP contribution >= 0.6 is 0 Å². The zero-order valence-corrected chi connectivity index (χ0v) is 13.2. The molecule has 4 aromatic rings. The number of aryl methyl sites for hydroxylation is 1. The summed E-state index contributed by atoms with van der Waals surface area (Å²) in [6.45, 7) is 3.22. The molecule has 3 aromatic carbocycles. The van der Waals surface area contributed by atoms with Gasteiger partial charge in [-0.05, 0) is 36.2 Å². The van der Waals surface area contributed by atoms with Gasteiger partial charge in [-0.15, -0.1) is 0 Å². The third-order valence-electron chi connectivity index (χ3n) is 4.38. The zero-order valence-electron chi connectivity index (χ0n) is 13.2. The van der Waals surface area contributed by atoms with Gasteiger partial charge in [0.15, 0.2) is 0 Å². The van der Waals surface area contributed by atoms with Crippen LogP contribution in [0.15, 0.2) is 72.8 Å². The van der Waals surface area contributed by atoms with Gasteiger partial charge in [-0.2, -0.15) is 0 Å². The summed E-state index contributed by atoms with van der Waals surface area (Å²) in [5.74, 6) is 0. The van der Waals surface area contributed by atoms with Crippen molar-refractivity contribution in [2.24, 2.45) is 0 Å². The Morgan fingerprint density at radius 3 is 1.65 bits per heavy atom. The maximum atomic E-state index is 2.37. The molecule has 1 heterocycles. The normalized spacial score (nSPS) is 11.7. The van der Waals surface area contributed by atoms with Gasteiger partial charge in [-0.1, -0.05) is 66.7 Å². The molecule has 0 spiro atoms. The van der Waals surface area contributed by atoms with Crippen LogP contribution in [0.3, 0.4) is 0 Å². The molecular weight excluding hydrogens is 278 g/mol. The van der Waals surface area contributed by atoms with Crippen molar-refractivity contribution >= 4 is 34.0 Å². The van der Waals surface area contributed by atoms with Gasteiger partial charge >= 0.3 is 0 Å². The molecule has 0 aliphatic heterocycles. The van der Waals surface area contributed by atoms with Crippen LogP contribution in [0, 0.1) is 0 Å². The van der Waals surface area contributed by atoms with Crippen LogP contribution < -0.4 is 0 Å². The fourth-order valence-electron chi connectivity index (χ4n) is 3.30. The lowest BCUT2D eigenvalue weighted by Crippen LogP contribution is -1.91. The third kappa shape index (κ3) is 2.44. The number of rotatable bonds is 1. The van der Waals surface area contributed by atoms with Gasteiger partial charge in [0.1, 0.15) is 0 Å². The third-order valence-corrected chi connectivity index (χ3v) is 4.38. The Morgan fingerprint density at radius 1 is 0.652 bits per heavy atom. The van der Waals surface area contributed by atoms with Crippen LogP contribution in [0.2, 0.25) is 0 Å². The molecule has 1 aliphatic carbocycles. The van der Waals surface area contributed by atoms with E-state index < -0.39 is 0 Å². The standard InChI is InChI=1S/C14H13N.C8H6/c1-2-15-13-9-5-3-7-11(13)12-8-4-6-10-14(12)15;1-2-7-4-5-8(3-1)6-7/h3-10H,2H2,1H3;1-6H. The largest absolute Gasteiger partial charge is 0.341 e. The Kier molecular flexibility index (Phi) is 3.47. The van der Waals surface area contributed by atoms with Crippen molar-refractivity contribution < 1.29 is 0 Å². The van der Waals surface area contributed by atoms with E-state index in [-0.39, 0.29) is 0 Å². The number of hydrogen-bond acceptors (Lipinski definition) is 0. The quantitative estimate of drug-likeness (QED) is 0.358. The number of benzene rings is 3. The Hall–Kier alpha value is -2.80. The zero-order chi connectivity index (χ0) is 15.6. The molecule has 0 saturated heterocycles. The molecule has 2 bridgehead atoms. The van der Waals surface area contributed by atoms with Gasteiger partial charge in [-0.3, -0.25) is 0 Å². The Balaban J connectivity index is 0.000000142. The summed E-state index contributed by atoms with van der Waals surface area (Å²) in [6, 6.07) is 25.7. The first-order valence-electron chi connectivity index (χ1n) is 8.11. The molecule has 0 atom stereocenters. The molecule has 0 radical (unpaired) electrons. The first-order valence-corrected chi connectivity index (χ1v) is 8.11. The number of aromatic nitrogens is 1. The van der Waals surface area contributed by atoms with Crippen LogP contribution in [-0.2, 0) is 6.54 Å². The van der Waals surface area contributed by atoms with Crippen molar-refractivity contribution in [3.8, 4) is 0 Å². The molecule has 0 saturated carbocycles. The minimum Gasteiger partial charge on any atom is -0.341 e. The summed E-state index contributed by atoms with van der Waals surface area (Å²) in [4.78, 5) is 0. The van der Waals surface area contributed by atoms with E-state index in [1.807, 2.05) is 0 Å². The SMILES string of the molecule is C1=Cc2cccc1c2.CCn1c2ccccc2c2ccccc21. The fourth-order valence-corrected chi connectivity index (χ4v) is 3.30. The maximum Gasteiger partial charge on any atom is 0.0491 e. The first kappa shape index (κ1) is 13.8. The van der Waals surface area contributed by atoms with E-state index in [2.05, 4.69) is 96.4 Å². The summed E-state index contributed by atoms with van der Waals surface area (Å²) < 4.78 is 2.37. The van der Waals surface area contributed by atoms with Crippen LogP contribution in [0.1, 0.15) is 18.1 Å². The minimum atomic E-state index is 1.02. The summed E-state index contributed by atoms with van der Waals surface area (Å²) in [6.07, 6.45) is 4.24. The van der Waals surface area contributed by atoms with Crippen LogP contribution in [-0.4, -0.2) is 4.57 Å². The summed E-state index contributed by atoms with van der Waals surface area (Å²) >= 11 is 0. The second-order valence-electron chi connectivity index (χ2n) is 5.78. The highest BCUT2D eigenvalue weighted by Crippen LogP contribution is 2.28. The molecule has 0 amide bonds. The molecule has 1 heteroatoms. The molecule has 1 aromatic heterocycles. The van der Waals surface area contributed by atoms with Crippen molar-refractivity contribution in [2.45, 2.75) is 13.5 Å². The molecule has 5 rings (SSSR count). The maximum absolute atomic E-state index is 2.37. The second kappa shape index (κ2) is 5.77. The van der Waals surface area contributed by atoms with Gasteiger partial charge < -0.3 is 4.57 Å². The Bertz CT molecular complexity index is 930. The van der Waals surface area contributed by atoms with Crippen LogP contribution in [0.5, 0.6) is 0 Å². The van der Waals surface area contributed by atoms with Crippen molar-refractivity contribution in [1.82, 2.24) is 4.57 Å². The molecule has 1 aliphatic rings. The topological polar surface area (TPSA) is 4.93 Å². The summed E-state index contributed by atoms with van der Waals surface area (Å²) in [5.41, 5.74) is 5.31. The van der Waals surface area contributed by atoms with E-state index in [0.29, 0.717) is 0 Å². The van der Waals surface area contributed by atoms with E-state index >= 15 is 0 Å². The van der Waals surface area contributed by atoms with Crippen LogP contribution in [0.25, 0.3) is 34.0 Å². The van der Waals surface area contributed by atoms with Gasteiger partial charge in [0.25, 0.3) is 0 Å². The molecule has 0 unspecified atom stereocenters. The van der Waals surface area contributed by atoms with Crippen LogP contribution in [0.4, 0.5) is 0 Å². The molecule has 23 heavy (non-hydrogen) atoms. The first-order chi connectivity index (χ1) is 11.4. The lowest BCUT2D eigenvalue weighted by Gasteiger charge is -2.01. The number of hydrogen-bond donors (Lipinski definition) is 0. The van der Waals surface area contributed by atoms with Gasteiger partial charge in [0.2, 0.25) is 0 Å². The summed E-state index contributed by atoms with van der Waals surface area (Å²) in [5, 5.41) is 2.71. The highest BCUT2D eigenvalue weighted by atomic mass is 15.0. The lowest BCUT2D eigenvalue weighted by molar-refractivity contribution is 0.827. The molecule has 0 N–H and O–H groups in total. The molecular formula is C22H19N. The molecule has 112 valence electrons. The van der Waals surface area contributed by atoms with E-state index in [1.165, 1.54) is 32.9 Å². The lowest BCUT2D eigenvalue weighted by atomic mass is 10.2. The average molecular weight is 297 g/mol. The highest BCUT2D eigenvalue weighted by molar-refractivity contribution is 6.07. The van der Waals surface area contributed by atoms with E-state index in [0.717, 1.165) is 6.54 Å². The van der Waals surface area contributed by atoms with Crippen molar-refractivity contribution in [3.05, 3.63) is 83.9 Å². The minimum absolute atomic E-state index is 1.02. The van der Waals surface area contributed by atoms with Crippen molar-refractivity contribution in [3.63, 3.8) is 0 Å². The predicted molar refractivity (Wildman–Crippen MR) is 100 cm³/mol. The average Bonchev–Trinajstić information content (AvgIpc) is 3.12. The smallest absolute Gasteiger partial charge is 0.0491 e. The van der Waals surface area contributed by atoms with Crippen molar-refractivity contribution in [1.29, 1.82) is 0 Å². The Labute approximate surface area is 136 Å². The van der Waals surface area contributed by atoms with E-state index in [4.69, 9.17) is 0 Å². The van der Waals surface area contributed by atoms with Gasteiger partial charge in [0, 0.05) is 28.4 Å². The van der Waals surface area contributed by atoms with Gasteiger partial charge in [-0.25, -0.2) is 0 Å². The second-order valence-corrected chi connectivity index (χ2v) is 5.78. The number of fused-ring (bicyclic) bond motifs is 5. The highest BCUT2D eigenvalue weighted by Gasteiger charge is 2.06. The Morgan fingerprint density at radius 2 is 1.17 bits per heavy atom. The van der Waals surface area contributed by atoms with E-state index in [9.17, 15) is 0 Å². The summed E-state index contributed by atoms with van der Waals surface area (Å²) in [7, 11) is 0. The predicted octanol–water partition coefficient (Wildman–Crippen LogP) is 5.98. The van der Waals surface area contributed by atoms with Gasteiger partial charge in [0.05, 0.1) is 0 Å². The number of para-hydroxylation sites is 2. The monoisotopic (exact) mass is 297 g/mol. The van der Waals surface area contributed by atoms with Crippen molar-refractivity contribution in [2.75, 3.05) is 0 Å².